The largest absolute Gasteiger partial charge is 1.00 e. The Morgan fingerprint density at radius 1 is 1.18 bits per heavy atom. The molecule has 0 spiro atoms. The molecule has 102 valence electrons. The Labute approximate surface area is 112 Å². The van der Waals surface area contributed by atoms with Crippen LogP contribution >= 0.6 is 0 Å². The second-order valence-corrected chi connectivity index (χ2v) is 4.40. The Morgan fingerprint density at radius 3 is 2.06 bits per heavy atom. The lowest BCUT2D eigenvalue weighted by Crippen LogP contribution is -3.00. The summed E-state index contributed by atoms with van der Waals surface area (Å²) >= 11 is 0. The van der Waals surface area contributed by atoms with Gasteiger partial charge in [0.05, 0.1) is 26.2 Å². The predicted octanol–water partition coefficient (Wildman–Crippen LogP) is -0.624. The Bertz CT molecular complexity index is 244. The van der Waals surface area contributed by atoms with Gasteiger partial charge in [0.2, 0.25) is 0 Å². The van der Waals surface area contributed by atoms with Gasteiger partial charge in [-0.1, -0.05) is 5.57 Å². The summed E-state index contributed by atoms with van der Waals surface area (Å²) in [5, 5.41) is 0. The van der Waals surface area contributed by atoms with Gasteiger partial charge in [0.25, 0.3) is 0 Å². The number of ether oxygens (including phenoxy) is 1. The van der Waals surface area contributed by atoms with Crippen molar-refractivity contribution in [3.63, 3.8) is 0 Å². The number of nitrogens with zero attached hydrogens (tertiary/aromatic N) is 1. The van der Waals surface area contributed by atoms with E-state index in [9.17, 15) is 4.79 Å². The number of likely N-dealkylation sites (N-methyl/N-ethyl adjacent to an activating group) is 1. The molecular weight excluding hydrogens is 238 g/mol. The molecule has 4 heteroatoms. The Hall–Kier alpha value is -0.540. The van der Waals surface area contributed by atoms with E-state index in [1.165, 1.54) is 5.57 Å². The molecule has 0 bridgehead atoms. The van der Waals surface area contributed by atoms with E-state index >= 15 is 0 Å². The molecule has 3 nitrogen and oxygen atoms in total. The zero-order valence-electron chi connectivity index (χ0n) is 11.8. The molecule has 0 atom stereocenters. The molecule has 17 heavy (non-hydrogen) atoms. The maximum absolute atomic E-state index is 11.6. The van der Waals surface area contributed by atoms with E-state index in [0.717, 1.165) is 24.1 Å². The predicted molar refractivity (Wildman–Crippen MR) is 67.1 cm³/mol. The zero-order chi connectivity index (χ0) is 12.6. The molecule has 0 aliphatic rings. The van der Waals surface area contributed by atoms with Gasteiger partial charge in [-0.25, -0.2) is 4.79 Å². The molecule has 0 fully saturated rings. The van der Waals surface area contributed by atoms with Gasteiger partial charge in [-0.15, -0.1) is 0 Å². The minimum Gasteiger partial charge on any atom is -1.00 e. The first-order valence-corrected chi connectivity index (χ1v) is 6.13. The van der Waals surface area contributed by atoms with E-state index in [-0.39, 0.29) is 18.4 Å². The summed E-state index contributed by atoms with van der Waals surface area (Å²) in [4.78, 5) is 11.6. The van der Waals surface area contributed by atoms with Crippen LogP contribution in [0.3, 0.4) is 0 Å². The first kappa shape index (κ1) is 18.8. The molecule has 0 N–H and O–H groups in total. The molecule has 0 aromatic carbocycles. The van der Waals surface area contributed by atoms with E-state index in [4.69, 9.17) is 4.74 Å². The normalized spacial score (nSPS) is 10.4. The summed E-state index contributed by atoms with van der Waals surface area (Å²) in [6, 6.07) is 0. The lowest BCUT2D eigenvalue weighted by Gasteiger charge is -2.34. The van der Waals surface area contributed by atoms with E-state index in [2.05, 4.69) is 33.8 Å². The zero-order valence-corrected chi connectivity index (χ0v) is 12.5. The van der Waals surface area contributed by atoms with Crippen molar-refractivity contribution in [3.05, 3.63) is 11.6 Å². The second-order valence-electron chi connectivity index (χ2n) is 4.40. The number of quaternary nitrogens is 1. The molecule has 0 saturated heterocycles. The average Bonchev–Trinajstić information content (AvgIpc) is 2.24. The van der Waals surface area contributed by atoms with Crippen LogP contribution in [0.2, 0.25) is 0 Å². The Balaban J connectivity index is 0. The van der Waals surface area contributed by atoms with Crippen LogP contribution < -0.4 is 12.4 Å². The van der Waals surface area contributed by atoms with E-state index in [1.54, 1.807) is 0 Å². The van der Waals surface area contributed by atoms with E-state index in [1.807, 2.05) is 6.92 Å². The molecule has 0 heterocycles. The molecule has 0 rings (SSSR count). The summed E-state index contributed by atoms with van der Waals surface area (Å²) in [5.41, 5.74) is 1.30. The molecule has 0 radical (unpaired) electrons. The number of halogens is 1. The minimum absolute atomic E-state index is 0. The third-order valence-corrected chi connectivity index (χ3v) is 3.00. The monoisotopic (exact) mass is 263 g/mol. The first-order valence-electron chi connectivity index (χ1n) is 6.13. The molecule has 0 aromatic rings. The second kappa shape index (κ2) is 9.49. The fourth-order valence-corrected chi connectivity index (χ4v) is 1.63. The lowest BCUT2D eigenvalue weighted by molar-refractivity contribution is -0.912. The van der Waals surface area contributed by atoms with Gasteiger partial charge in [0, 0.05) is 0 Å². The fourth-order valence-electron chi connectivity index (χ4n) is 1.63. The molecule has 0 amide bonds. The first-order chi connectivity index (χ1) is 7.49. The van der Waals surface area contributed by atoms with Crippen molar-refractivity contribution in [1.82, 2.24) is 0 Å². The number of carbonyl (C=O) groups excluding carboxylic acids is 1. The minimum atomic E-state index is -0.0895. The SMILES string of the molecule is CCOC(=O)C[N+](CC)(CC)CC=C(C)C.[Cl-]. The topological polar surface area (TPSA) is 26.3 Å². The van der Waals surface area contributed by atoms with Gasteiger partial charge < -0.3 is 21.6 Å². The maximum Gasteiger partial charge on any atom is 0.361 e. The highest BCUT2D eigenvalue weighted by atomic mass is 35.5. The highest BCUT2D eigenvalue weighted by Crippen LogP contribution is 2.08. The van der Waals surface area contributed by atoms with Gasteiger partial charge in [-0.2, -0.15) is 0 Å². The quantitative estimate of drug-likeness (QED) is 0.348. The average molecular weight is 264 g/mol. The Morgan fingerprint density at radius 2 is 1.71 bits per heavy atom. The number of allylic oxidation sites excluding steroid dienone is 1. The number of carbonyl (C=O) groups is 1. The van der Waals surface area contributed by atoms with Crippen LogP contribution in [0.4, 0.5) is 0 Å². The van der Waals surface area contributed by atoms with E-state index < -0.39 is 0 Å². The highest BCUT2D eigenvalue weighted by Gasteiger charge is 2.26. The summed E-state index contributed by atoms with van der Waals surface area (Å²) < 4.78 is 5.81. The summed E-state index contributed by atoms with van der Waals surface area (Å²) in [6.07, 6.45) is 2.20. The number of rotatable bonds is 7. The van der Waals surface area contributed by atoms with Crippen LogP contribution in [0.25, 0.3) is 0 Å². The fraction of sp³-hybridized carbons (Fsp3) is 0.769. The van der Waals surface area contributed by atoms with Crippen molar-refractivity contribution in [3.8, 4) is 0 Å². The molecule has 0 saturated carbocycles. The van der Waals surface area contributed by atoms with Crippen molar-refractivity contribution in [2.45, 2.75) is 34.6 Å². The molecule has 0 aliphatic carbocycles. The summed E-state index contributed by atoms with van der Waals surface area (Å²) in [6.45, 7) is 14.0. The molecule has 0 aliphatic heterocycles. The summed E-state index contributed by atoms with van der Waals surface area (Å²) in [5.74, 6) is -0.0895. The van der Waals surface area contributed by atoms with Crippen LogP contribution in [0.15, 0.2) is 11.6 Å². The standard InChI is InChI=1S/C13H26NO2.ClH/c1-6-14(7-2,10-9-12(4)5)11-13(15)16-8-3;/h9H,6-8,10-11H2,1-5H3;1H/q+1;/p-1. The smallest absolute Gasteiger partial charge is 0.361 e. The lowest BCUT2D eigenvalue weighted by atomic mass is 10.2. The number of hydrogen-bond donors (Lipinski definition) is 0. The van der Waals surface area contributed by atoms with Gasteiger partial charge >= 0.3 is 5.97 Å². The molecule has 0 unspecified atom stereocenters. The van der Waals surface area contributed by atoms with Crippen molar-refractivity contribution < 1.29 is 26.4 Å². The van der Waals surface area contributed by atoms with Crippen molar-refractivity contribution >= 4 is 5.97 Å². The van der Waals surface area contributed by atoms with Gasteiger partial charge in [-0.05, 0) is 40.7 Å². The van der Waals surface area contributed by atoms with Crippen molar-refractivity contribution in [2.75, 3.05) is 32.8 Å². The van der Waals surface area contributed by atoms with Crippen LogP contribution in [-0.4, -0.2) is 43.2 Å². The molecule has 0 aromatic heterocycles. The molecular formula is C13H26ClNO2. The van der Waals surface area contributed by atoms with Crippen molar-refractivity contribution in [2.24, 2.45) is 0 Å². The maximum atomic E-state index is 11.6. The van der Waals surface area contributed by atoms with Crippen LogP contribution in [0.5, 0.6) is 0 Å². The highest BCUT2D eigenvalue weighted by molar-refractivity contribution is 5.70. The Kier molecular flexibility index (Phi) is 10.5. The van der Waals surface area contributed by atoms with Gasteiger partial charge in [-0.3, -0.25) is 0 Å². The van der Waals surface area contributed by atoms with Gasteiger partial charge in [0.1, 0.15) is 0 Å². The number of esters is 1. The third-order valence-electron chi connectivity index (χ3n) is 3.00. The van der Waals surface area contributed by atoms with Crippen LogP contribution in [0, 0.1) is 0 Å². The number of hydrogen-bond acceptors (Lipinski definition) is 2. The van der Waals surface area contributed by atoms with Crippen molar-refractivity contribution in [1.29, 1.82) is 0 Å². The summed E-state index contributed by atoms with van der Waals surface area (Å²) in [7, 11) is 0. The van der Waals surface area contributed by atoms with E-state index in [0.29, 0.717) is 13.2 Å². The van der Waals surface area contributed by atoms with Gasteiger partial charge in [0.15, 0.2) is 6.54 Å². The third kappa shape index (κ3) is 7.40. The van der Waals surface area contributed by atoms with Crippen LogP contribution in [-0.2, 0) is 9.53 Å². The van der Waals surface area contributed by atoms with Crippen LogP contribution in [0.1, 0.15) is 34.6 Å².